The predicted molar refractivity (Wildman–Crippen MR) is 113 cm³/mol. The van der Waals surface area contributed by atoms with Gasteiger partial charge in [0.05, 0.1) is 6.20 Å². The number of hydrogen-bond donors (Lipinski definition) is 1. The molecule has 1 unspecified atom stereocenters. The third-order valence-electron chi connectivity index (χ3n) is 5.02. The fourth-order valence-corrected chi connectivity index (χ4v) is 3.29. The Hall–Kier alpha value is -3.49. The number of nitrogens with one attached hydrogen (secondary N) is 1. The van der Waals surface area contributed by atoms with Gasteiger partial charge in [0, 0.05) is 38.6 Å². The first kappa shape index (κ1) is 22.2. The maximum atomic E-state index is 13.0. The number of ether oxygens (including phenoxy) is 1. The van der Waals surface area contributed by atoms with Crippen LogP contribution in [0.25, 0.3) is 0 Å². The molecule has 164 valence electrons. The Morgan fingerprint density at radius 3 is 2.32 bits per heavy atom. The van der Waals surface area contributed by atoms with E-state index in [9.17, 15) is 14.4 Å². The van der Waals surface area contributed by atoms with Gasteiger partial charge in [-0.05, 0) is 18.1 Å². The molecule has 0 aliphatic carbocycles. The van der Waals surface area contributed by atoms with Gasteiger partial charge in [0.15, 0.2) is 6.61 Å². The van der Waals surface area contributed by atoms with E-state index in [2.05, 4.69) is 15.3 Å². The van der Waals surface area contributed by atoms with Crippen LogP contribution >= 0.6 is 0 Å². The summed E-state index contributed by atoms with van der Waals surface area (Å²) < 4.78 is 5.46. The fraction of sp³-hybridized carbons (Fsp3) is 0.409. The van der Waals surface area contributed by atoms with Crippen LogP contribution in [0, 0.1) is 5.92 Å². The highest BCUT2D eigenvalue weighted by atomic mass is 16.5. The van der Waals surface area contributed by atoms with Crippen molar-refractivity contribution in [3.8, 4) is 5.75 Å². The van der Waals surface area contributed by atoms with Crippen molar-refractivity contribution >= 4 is 17.7 Å². The number of nitrogens with zero attached hydrogens (tertiary/aromatic N) is 4. The van der Waals surface area contributed by atoms with E-state index < -0.39 is 6.04 Å². The number of carbonyl (C=O) groups excluding carboxylic acids is 3. The van der Waals surface area contributed by atoms with Crippen molar-refractivity contribution in [1.29, 1.82) is 0 Å². The fourth-order valence-electron chi connectivity index (χ4n) is 3.29. The summed E-state index contributed by atoms with van der Waals surface area (Å²) in [5.74, 6) is -0.213. The average Bonchev–Trinajstić information content (AvgIpc) is 2.81. The molecule has 3 amide bonds. The van der Waals surface area contributed by atoms with Crippen molar-refractivity contribution in [3.05, 3.63) is 54.6 Å². The van der Waals surface area contributed by atoms with Crippen LogP contribution < -0.4 is 10.1 Å². The standard InChI is InChI=1S/C22H27N5O4/c1-16(2)20(25-19(28)15-31-17-6-4-3-5-7-17)22(30)27-12-10-26(11-13-27)21(29)18-14-23-8-9-24-18/h3-9,14,16,20H,10-13,15H2,1-2H3,(H,25,28). The molecule has 0 spiro atoms. The third kappa shape index (κ3) is 6.00. The van der Waals surface area contributed by atoms with Crippen LogP contribution in [0.3, 0.4) is 0 Å². The van der Waals surface area contributed by atoms with Crippen molar-refractivity contribution < 1.29 is 19.1 Å². The monoisotopic (exact) mass is 425 g/mol. The third-order valence-corrected chi connectivity index (χ3v) is 5.02. The van der Waals surface area contributed by atoms with Crippen LogP contribution in [-0.2, 0) is 9.59 Å². The van der Waals surface area contributed by atoms with Gasteiger partial charge in [-0.2, -0.15) is 0 Å². The zero-order valence-electron chi connectivity index (χ0n) is 17.7. The molecule has 1 N–H and O–H groups in total. The largest absolute Gasteiger partial charge is 0.484 e. The molecule has 31 heavy (non-hydrogen) atoms. The van der Waals surface area contributed by atoms with Crippen LogP contribution in [0.2, 0.25) is 0 Å². The first-order valence-electron chi connectivity index (χ1n) is 10.3. The van der Waals surface area contributed by atoms with Crippen molar-refractivity contribution in [2.24, 2.45) is 5.92 Å². The summed E-state index contributed by atoms with van der Waals surface area (Å²) in [7, 11) is 0. The van der Waals surface area contributed by atoms with Gasteiger partial charge in [0.1, 0.15) is 17.5 Å². The van der Waals surface area contributed by atoms with E-state index in [1.54, 1.807) is 21.9 Å². The Bertz CT molecular complexity index is 883. The molecule has 0 saturated carbocycles. The molecular formula is C22H27N5O4. The minimum Gasteiger partial charge on any atom is -0.484 e. The van der Waals surface area contributed by atoms with Crippen molar-refractivity contribution in [3.63, 3.8) is 0 Å². The lowest BCUT2D eigenvalue weighted by atomic mass is 10.0. The van der Waals surface area contributed by atoms with Gasteiger partial charge < -0.3 is 19.9 Å². The van der Waals surface area contributed by atoms with Gasteiger partial charge >= 0.3 is 0 Å². The highest BCUT2D eigenvalue weighted by Gasteiger charge is 2.32. The maximum Gasteiger partial charge on any atom is 0.274 e. The van der Waals surface area contributed by atoms with Crippen LogP contribution in [0.4, 0.5) is 0 Å². The number of hydrogen-bond acceptors (Lipinski definition) is 6. The zero-order valence-corrected chi connectivity index (χ0v) is 17.7. The van der Waals surface area contributed by atoms with Gasteiger partial charge in [0.2, 0.25) is 5.91 Å². The molecule has 1 aromatic heterocycles. The molecule has 0 bridgehead atoms. The Morgan fingerprint density at radius 2 is 1.71 bits per heavy atom. The van der Waals surface area contributed by atoms with Gasteiger partial charge in [0.25, 0.3) is 11.8 Å². The van der Waals surface area contributed by atoms with E-state index in [4.69, 9.17) is 4.74 Å². The number of carbonyl (C=O) groups is 3. The minimum atomic E-state index is -0.658. The Morgan fingerprint density at radius 1 is 1.03 bits per heavy atom. The summed E-state index contributed by atoms with van der Waals surface area (Å²) in [6.07, 6.45) is 4.42. The second-order valence-electron chi connectivity index (χ2n) is 7.60. The number of para-hydroxylation sites is 1. The number of benzene rings is 1. The summed E-state index contributed by atoms with van der Waals surface area (Å²) in [5.41, 5.74) is 0.285. The first-order chi connectivity index (χ1) is 15.0. The molecule has 0 radical (unpaired) electrons. The van der Waals surface area contributed by atoms with E-state index in [0.29, 0.717) is 31.9 Å². The lowest BCUT2D eigenvalue weighted by Gasteiger charge is -2.37. The summed E-state index contributed by atoms with van der Waals surface area (Å²) in [6.45, 7) is 5.19. The lowest BCUT2D eigenvalue weighted by molar-refractivity contribution is -0.139. The van der Waals surface area contributed by atoms with E-state index in [0.717, 1.165) is 0 Å². The summed E-state index contributed by atoms with van der Waals surface area (Å²) in [5, 5.41) is 2.79. The van der Waals surface area contributed by atoms with Crippen LogP contribution in [0.15, 0.2) is 48.9 Å². The Labute approximate surface area is 181 Å². The molecule has 9 nitrogen and oxygen atoms in total. The van der Waals surface area contributed by atoms with Gasteiger partial charge in [-0.15, -0.1) is 0 Å². The molecule has 1 aromatic carbocycles. The molecule has 1 aliphatic heterocycles. The molecule has 1 saturated heterocycles. The predicted octanol–water partition coefficient (Wildman–Crippen LogP) is 0.981. The highest BCUT2D eigenvalue weighted by Crippen LogP contribution is 2.12. The normalized spacial score (nSPS) is 14.8. The van der Waals surface area contributed by atoms with Gasteiger partial charge in [-0.25, -0.2) is 4.98 Å². The first-order valence-corrected chi connectivity index (χ1v) is 10.3. The van der Waals surface area contributed by atoms with Crippen LogP contribution in [-0.4, -0.2) is 76.3 Å². The van der Waals surface area contributed by atoms with Crippen molar-refractivity contribution in [1.82, 2.24) is 25.1 Å². The van der Waals surface area contributed by atoms with E-state index in [1.165, 1.54) is 18.6 Å². The number of rotatable bonds is 7. The quantitative estimate of drug-likeness (QED) is 0.709. The van der Waals surface area contributed by atoms with Gasteiger partial charge in [-0.1, -0.05) is 32.0 Å². The molecule has 1 atom stereocenters. The van der Waals surface area contributed by atoms with Crippen molar-refractivity contribution in [2.45, 2.75) is 19.9 Å². The summed E-state index contributed by atoms with van der Waals surface area (Å²) >= 11 is 0. The highest BCUT2D eigenvalue weighted by molar-refractivity contribution is 5.92. The molecular weight excluding hydrogens is 398 g/mol. The Kier molecular flexibility index (Phi) is 7.53. The van der Waals surface area contributed by atoms with E-state index in [1.807, 2.05) is 32.0 Å². The van der Waals surface area contributed by atoms with Gasteiger partial charge in [-0.3, -0.25) is 19.4 Å². The van der Waals surface area contributed by atoms with E-state index in [-0.39, 0.29) is 35.9 Å². The summed E-state index contributed by atoms with van der Waals surface area (Å²) in [4.78, 5) is 49.2. The maximum absolute atomic E-state index is 13.0. The molecule has 1 aliphatic rings. The smallest absolute Gasteiger partial charge is 0.274 e. The average molecular weight is 425 g/mol. The zero-order chi connectivity index (χ0) is 22.2. The topological polar surface area (TPSA) is 105 Å². The Balaban J connectivity index is 1.52. The molecule has 1 fully saturated rings. The summed E-state index contributed by atoms with van der Waals surface area (Å²) in [6, 6.07) is 8.38. The molecule has 9 heteroatoms. The van der Waals surface area contributed by atoms with Crippen LogP contribution in [0.5, 0.6) is 5.75 Å². The number of piperazine rings is 1. The molecule has 2 aromatic rings. The van der Waals surface area contributed by atoms with E-state index >= 15 is 0 Å². The molecule has 2 heterocycles. The molecule has 3 rings (SSSR count). The van der Waals surface area contributed by atoms with Crippen LogP contribution in [0.1, 0.15) is 24.3 Å². The second-order valence-corrected chi connectivity index (χ2v) is 7.60. The van der Waals surface area contributed by atoms with Crippen molar-refractivity contribution in [2.75, 3.05) is 32.8 Å². The lowest BCUT2D eigenvalue weighted by Crippen LogP contribution is -2.57. The number of aromatic nitrogens is 2. The number of amides is 3. The second kappa shape index (κ2) is 10.5. The minimum absolute atomic E-state index is 0.0903. The SMILES string of the molecule is CC(C)C(NC(=O)COc1ccccc1)C(=O)N1CCN(C(=O)c2cnccn2)CC1.